The Labute approximate surface area is 145 Å². The highest BCUT2D eigenvalue weighted by Gasteiger charge is 1.99. The zero-order chi connectivity index (χ0) is 15.8. The van der Waals surface area contributed by atoms with Crippen molar-refractivity contribution in [2.45, 2.75) is 12.8 Å². The van der Waals surface area contributed by atoms with E-state index in [-0.39, 0.29) is 0 Å². The van der Waals surface area contributed by atoms with Gasteiger partial charge in [-0.05, 0) is 61.0 Å². The summed E-state index contributed by atoms with van der Waals surface area (Å²) in [6.07, 6.45) is 2.00. The molecule has 0 aliphatic heterocycles. The number of benzene rings is 2. The van der Waals surface area contributed by atoms with Crippen LogP contribution >= 0.6 is 28.1 Å². The smallest absolute Gasteiger partial charge is 0.170 e. The Morgan fingerprint density at radius 1 is 1.18 bits per heavy atom. The molecule has 0 atom stereocenters. The average Bonchev–Trinajstić information content (AvgIpc) is 2.52. The Morgan fingerprint density at radius 3 is 2.77 bits per heavy atom. The first-order valence-electron chi connectivity index (χ1n) is 7.11. The Kier molecular flexibility index (Phi) is 6.68. The second-order valence-corrected chi connectivity index (χ2v) is 6.17. The van der Waals surface area contributed by atoms with E-state index < -0.39 is 0 Å². The van der Waals surface area contributed by atoms with Gasteiger partial charge in [0.1, 0.15) is 5.75 Å². The van der Waals surface area contributed by atoms with E-state index in [1.165, 1.54) is 5.56 Å². The highest BCUT2D eigenvalue weighted by Crippen LogP contribution is 2.15. The molecule has 3 nitrogen and oxygen atoms in total. The molecule has 0 radical (unpaired) electrons. The third-order valence-corrected chi connectivity index (χ3v) is 3.88. The quantitative estimate of drug-likeness (QED) is 0.577. The van der Waals surface area contributed by atoms with Crippen LogP contribution in [0.15, 0.2) is 53.0 Å². The average molecular weight is 379 g/mol. The number of thiocarbonyl (C=S) groups is 1. The van der Waals surface area contributed by atoms with Crippen molar-refractivity contribution in [1.29, 1.82) is 0 Å². The highest BCUT2D eigenvalue weighted by molar-refractivity contribution is 9.10. The second kappa shape index (κ2) is 8.76. The molecule has 0 heterocycles. The van der Waals surface area contributed by atoms with Crippen molar-refractivity contribution in [3.8, 4) is 5.75 Å². The number of hydrogen-bond donors (Lipinski definition) is 2. The van der Waals surface area contributed by atoms with Crippen molar-refractivity contribution in [3.05, 3.63) is 58.6 Å². The molecule has 0 unspecified atom stereocenters. The second-order valence-electron chi connectivity index (χ2n) is 4.85. The molecule has 5 heteroatoms. The van der Waals surface area contributed by atoms with Gasteiger partial charge >= 0.3 is 0 Å². The molecule has 2 aromatic rings. The summed E-state index contributed by atoms with van der Waals surface area (Å²) < 4.78 is 6.25. The minimum atomic E-state index is 0.642. The molecular formula is C17H19BrN2OS. The van der Waals surface area contributed by atoms with Crippen molar-refractivity contribution in [2.75, 3.05) is 19.0 Å². The monoisotopic (exact) mass is 378 g/mol. The van der Waals surface area contributed by atoms with Crippen molar-refractivity contribution in [1.82, 2.24) is 5.32 Å². The number of methoxy groups -OCH3 is 1. The summed E-state index contributed by atoms with van der Waals surface area (Å²) in [5, 5.41) is 7.04. The van der Waals surface area contributed by atoms with E-state index in [1.54, 1.807) is 7.11 Å². The SMILES string of the molecule is COc1cccc(CCCNC(=S)Nc2cccc(Br)c2)c1. The first kappa shape index (κ1) is 16.8. The third kappa shape index (κ3) is 5.66. The number of aryl methyl sites for hydroxylation is 1. The summed E-state index contributed by atoms with van der Waals surface area (Å²) in [6, 6.07) is 16.1. The van der Waals surface area contributed by atoms with Gasteiger partial charge in [0.2, 0.25) is 0 Å². The third-order valence-electron chi connectivity index (χ3n) is 3.14. The maximum atomic E-state index is 5.29. The van der Waals surface area contributed by atoms with Gasteiger partial charge in [-0.2, -0.15) is 0 Å². The molecule has 0 amide bonds. The van der Waals surface area contributed by atoms with Gasteiger partial charge in [-0.3, -0.25) is 0 Å². The van der Waals surface area contributed by atoms with Crippen LogP contribution in [0.1, 0.15) is 12.0 Å². The Balaban J connectivity index is 1.70. The lowest BCUT2D eigenvalue weighted by Gasteiger charge is -2.11. The van der Waals surface area contributed by atoms with E-state index in [1.807, 2.05) is 36.4 Å². The van der Waals surface area contributed by atoms with Gasteiger partial charge in [0, 0.05) is 16.7 Å². The first-order valence-corrected chi connectivity index (χ1v) is 8.31. The number of hydrogen-bond acceptors (Lipinski definition) is 2. The predicted molar refractivity (Wildman–Crippen MR) is 99.7 cm³/mol. The van der Waals surface area contributed by atoms with Crippen LogP contribution in [0.2, 0.25) is 0 Å². The zero-order valence-electron chi connectivity index (χ0n) is 12.4. The fraction of sp³-hybridized carbons (Fsp3) is 0.235. The molecule has 0 aliphatic rings. The standard InChI is InChI=1S/C17H19BrN2OS/c1-21-16-9-2-5-13(11-16)6-4-10-19-17(22)20-15-8-3-7-14(18)12-15/h2-3,5,7-9,11-12H,4,6,10H2,1H3,(H2,19,20,22). The van der Waals surface area contributed by atoms with Crippen LogP contribution in [0.5, 0.6) is 5.75 Å². The highest BCUT2D eigenvalue weighted by atomic mass is 79.9. The number of nitrogens with one attached hydrogen (secondary N) is 2. The molecule has 0 saturated heterocycles. The molecular weight excluding hydrogens is 360 g/mol. The predicted octanol–water partition coefficient (Wildman–Crippen LogP) is 4.38. The van der Waals surface area contributed by atoms with Crippen LogP contribution in [0, 0.1) is 0 Å². The lowest BCUT2D eigenvalue weighted by atomic mass is 10.1. The maximum Gasteiger partial charge on any atom is 0.170 e. The van der Waals surface area contributed by atoms with Gasteiger partial charge in [-0.1, -0.05) is 34.1 Å². The normalized spacial score (nSPS) is 10.1. The van der Waals surface area contributed by atoms with E-state index in [0.29, 0.717) is 5.11 Å². The molecule has 0 bridgehead atoms. The Morgan fingerprint density at radius 2 is 2.00 bits per heavy atom. The molecule has 116 valence electrons. The van der Waals surface area contributed by atoms with Crippen molar-refractivity contribution < 1.29 is 4.74 Å². The molecule has 2 rings (SSSR count). The molecule has 2 N–H and O–H groups in total. The molecule has 22 heavy (non-hydrogen) atoms. The van der Waals surface area contributed by atoms with E-state index in [9.17, 15) is 0 Å². The van der Waals surface area contributed by atoms with Crippen LogP contribution in [-0.4, -0.2) is 18.8 Å². The topological polar surface area (TPSA) is 33.3 Å². The van der Waals surface area contributed by atoms with Crippen LogP contribution in [0.25, 0.3) is 0 Å². The summed E-state index contributed by atoms with van der Waals surface area (Å²) in [5.74, 6) is 0.900. The van der Waals surface area contributed by atoms with E-state index in [0.717, 1.165) is 35.3 Å². The fourth-order valence-electron chi connectivity index (χ4n) is 2.06. The summed E-state index contributed by atoms with van der Waals surface area (Å²) in [4.78, 5) is 0. The van der Waals surface area contributed by atoms with Crippen LogP contribution in [-0.2, 0) is 6.42 Å². The molecule has 0 aliphatic carbocycles. The largest absolute Gasteiger partial charge is 0.497 e. The lowest BCUT2D eigenvalue weighted by molar-refractivity contribution is 0.414. The van der Waals surface area contributed by atoms with Gasteiger partial charge in [-0.25, -0.2) is 0 Å². The maximum absolute atomic E-state index is 5.29. The summed E-state index contributed by atoms with van der Waals surface area (Å²) in [6.45, 7) is 0.830. The van der Waals surface area contributed by atoms with Gasteiger partial charge in [-0.15, -0.1) is 0 Å². The van der Waals surface area contributed by atoms with Gasteiger partial charge in [0.05, 0.1) is 7.11 Å². The fourth-order valence-corrected chi connectivity index (χ4v) is 2.68. The van der Waals surface area contributed by atoms with Crippen LogP contribution in [0.4, 0.5) is 5.69 Å². The first-order chi connectivity index (χ1) is 10.7. The molecule has 0 saturated carbocycles. The molecule has 2 aromatic carbocycles. The number of rotatable bonds is 6. The summed E-state index contributed by atoms with van der Waals surface area (Å²) >= 11 is 8.73. The van der Waals surface area contributed by atoms with Gasteiger partial charge in [0.25, 0.3) is 0 Å². The van der Waals surface area contributed by atoms with E-state index >= 15 is 0 Å². The zero-order valence-corrected chi connectivity index (χ0v) is 14.8. The number of halogens is 1. The number of ether oxygens (including phenoxy) is 1. The number of anilines is 1. The van der Waals surface area contributed by atoms with Crippen molar-refractivity contribution in [3.63, 3.8) is 0 Å². The van der Waals surface area contributed by atoms with Crippen molar-refractivity contribution >= 4 is 38.9 Å². The molecule has 0 aromatic heterocycles. The van der Waals surface area contributed by atoms with Crippen molar-refractivity contribution in [2.24, 2.45) is 0 Å². The summed E-state index contributed by atoms with van der Waals surface area (Å²) in [7, 11) is 1.69. The molecule has 0 fully saturated rings. The van der Waals surface area contributed by atoms with Gasteiger partial charge in [0.15, 0.2) is 5.11 Å². The van der Waals surface area contributed by atoms with E-state index in [2.05, 4.69) is 38.7 Å². The Hall–Kier alpha value is -1.59. The van der Waals surface area contributed by atoms with Crippen LogP contribution < -0.4 is 15.4 Å². The minimum absolute atomic E-state index is 0.642. The molecule has 0 spiro atoms. The van der Waals surface area contributed by atoms with E-state index in [4.69, 9.17) is 17.0 Å². The Bertz CT molecular complexity index is 634. The lowest BCUT2D eigenvalue weighted by Crippen LogP contribution is -2.29. The minimum Gasteiger partial charge on any atom is -0.497 e. The van der Waals surface area contributed by atoms with Crippen LogP contribution in [0.3, 0.4) is 0 Å². The van der Waals surface area contributed by atoms with Gasteiger partial charge < -0.3 is 15.4 Å². The summed E-state index contributed by atoms with van der Waals surface area (Å²) in [5.41, 5.74) is 2.24.